The molecule has 0 saturated carbocycles. The third-order valence-electron chi connectivity index (χ3n) is 3.90. The van der Waals surface area contributed by atoms with Crippen LogP contribution < -0.4 is 10.5 Å². The number of aromatic nitrogens is 2. The van der Waals surface area contributed by atoms with Crippen LogP contribution in [0.4, 0.5) is 0 Å². The molecule has 0 fully saturated rings. The Labute approximate surface area is 149 Å². The molecule has 128 valence electrons. The van der Waals surface area contributed by atoms with E-state index in [0.29, 0.717) is 0 Å². The van der Waals surface area contributed by atoms with E-state index in [1.54, 1.807) is 12.1 Å². The van der Waals surface area contributed by atoms with Crippen molar-refractivity contribution >= 4 is 29.9 Å². The van der Waals surface area contributed by atoms with Crippen molar-refractivity contribution in [1.82, 2.24) is 9.78 Å². The van der Waals surface area contributed by atoms with Crippen LogP contribution in [0.2, 0.25) is 6.55 Å². The highest BCUT2D eigenvalue weighted by atomic mass is 32.2. The average molecular weight is 370 g/mol. The highest BCUT2D eigenvalue weighted by Crippen LogP contribution is 2.23. The van der Waals surface area contributed by atoms with Crippen molar-refractivity contribution < 1.29 is 8.42 Å². The maximum Gasteiger partial charge on any atom is 0.238 e. The van der Waals surface area contributed by atoms with Gasteiger partial charge in [0.2, 0.25) is 10.0 Å². The zero-order chi connectivity index (χ0) is 18.2. The van der Waals surface area contributed by atoms with Gasteiger partial charge in [0.1, 0.15) is 0 Å². The molecule has 0 saturated heterocycles. The number of nitrogens with two attached hydrogens (primary N) is 1. The van der Waals surface area contributed by atoms with Crippen LogP contribution in [-0.4, -0.2) is 32.8 Å². The number of nitrogens with zero attached hydrogens (tertiary/aromatic N) is 2. The van der Waals surface area contributed by atoms with E-state index < -0.39 is 18.4 Å². The lowest BCUT2D eigenvalue weighted by Crippen LogP contribution is -2.20. The van der Waals surface area contributed by atoms with E-state index >= 15 is 0 Å². The van der Waals surface area contributed by atoms with Gasteiger partial charge in [-0.05, 0) is 37.3 Å². The van der Waals surface area contributed by atoms with E-state index in [9.17, 15) is 8.42 Å². The molecular formula is C18H19N3O2SSi. The molecule has 0 aliphatic carbocycles. The maximum absolute atomic E-state index is 11.4. The summed E-state index contributed by atoms with van der Waals surface area (Å²) in [5.74, 6) is 0. The largest absolute Gasteiger partial charge is 0.238 e. The fourth-order valence-electron chi connectivity index (χ4n) is 2.49. The molecule has 2 N–H and O–H groups in total. The number of hydrogen-bond donors (Lipinski definition) is 1. The summed E-state index contributed by atoms with van der Waals surface area (Å²) in [6.45, 7) is 4.13. The highest BCUT2D eigenvalue weighted by Gasteiger charge is 2.14. The number of primary sulfonamides is 1. The summed E-state index contributed by atoms with van der Waals surface area (Å²) in [5.41, 5.74) is 3.96. The van der Waals surface area contributed by atoms with E-state index in [-0.39, 0.29) is 4.90 Å². The van der Waals surface area contributed by atoms with Crippen molar-refractivity contribution in [3.05, 3.63) is 60.2 Å². The lowest BCUT2D eigenvalue weighted by Gasteiger charge is -2.09. The van der Waals surface area contributed by atoms with Gasteiger partial charge in [-0.3, -0.25) is 0 Å². The van der Waals surface area contributed by atoms with Gasteiger partial charge in [-0.1, -0.05) is 36.4 Å². The van der Waals surface area contributed by atoms with Crippen LogP contribution in [-0.2, 0) is 10.0 Å². The molecule has 0 aliphatic heterocycles. The Morgan fingerprint density at radius 2 is 1.68 bits per heavy atom. The second kappa shape index (κ2) is 6.51. The zero-order valence-electron chi connectivity index (χ0n) is 14.1. The lowest BCUT2D eigenvalue weighted by atomic mass is 10.1. The molecule has 0 radical (unpaired) electrons. The molecule has 0 amide bonds. The van der Waals surface area contributed by atoms with Crippen molar-refractivity contribution in [1.29, 1.82) is 0 Å². The summed E-state index contributed by atoms with van der Waals surface area (Å²) in [6, 6.07) is 16.7. The first kappa shape index (κ1) is 17.5. The maximum atomic E-state index is 11.4. The Hall–Kier alpha value is -2.35. The van der Waals surface area contributed by atoms with Crippen LogP contribution in [0.5, 0.6) is 0 Å². The standard InChI is InChI=1S/C18H19N3O2SSi/c1-13-4-6-14(7-5-13)17-12-18(25(2)3)20-21(17)15-8-10-16(11-9-15)24(19,22)23/h4-12H,2H2,1,3H3,(H2,19,22,23). The van der Waals surface area contributed by atoms with Crippen LogP contribution in [0.1, 0.15) is 5.56 Å². The van der Waals surface area contributed by atoms with Crippen molar-refractivity contribution in [2.75, 3.05) is 0 Å². The highest BCUT2D eigenvalue weighted by molar-refractivity contribution is 7.89. The molecule has 3 aromatic rings. The SMILES string of the molecule is C=[Si](C)c1cc(-c2ccc(C)cc2)n(-c2ccc(S(N)(=O)=O)cc2)n1. The molecule has 0 bridgehead atoms. The number of aryl methyl sites for hydroxylation is 1. The van der Waals surface area contributed by atoms with Gasteiger partial charge in [-0.2, -0.15) is 5.10 Å². The van der Waals surface area contributed by atoms with E-state index in [0.717, 1.165) is 22.3 Å². The molecule has 1 aromatic heterocycles. The van der Waals surface area contributed by atoms with Crippen molar-refractivity contribution in [2.24, 2.45) is 5.14 Å². The van der Waals surface area contributed by atoms with E-state index in [1.165, 1.54) is 17.7 Å². The molecule has 1 heterocycles. The number of hydrogen-bond acceptors (Lipinski definition) is 3. The van der Waals surface area contributed by atoms with Crippen LogP contribution in [0.3, 0.4) is 0 Å². The summed E-state index contributed by atoms with van der Waals surface area (Å²) in [5, 5.41) is 10.8. The fraction of sp³-hybridized carbons (Fsp3) is 0.111. The Morgan fingerprint density at radius 3 is 2.20 bits per heavy atom. The molecule has 0 aliphatic rings. The van der Waals surface area contributed by atoms with Crippen LogP contribution in [0.25, 0.3) is 16.9 Å². The third kappa shape index (κ3) is 3.68. The monoisotopic (exact) mass is 369 g/mol. The molecule has 3 rings (SSSR count). The van der Waals surface area contributed by atoms with E-state index in [1.807, 2.05) is 11.6 Å². The molecule has 5 nitrogen and oxygen atoms in total. The molecule has 0 atom stereocenters. The Balaban J connectivity index is 2.14. The van der Waals surface area contributed by atoms with Gasteiger partial charge in [0, 0.05) is 5.56 Å². The minimum Gasteiger partial charge on any atom is -0.233 e. The van der Waals surface area contributed by atoms with Gasteiger partial charge in [0.25, 0.3) is 0 Å². The minimum atomic E-state index is -3.71. The van der Waals surface area contributed by atoms with Gasteiger partial charge in [-0.15, -0.1) is 6.17 Å². The van der Waals surface area contributed by atoms with Crippen molar-refractivity contribution in [3.63, 3.8) is 0 Å². The molecular weight excluding hydrogens is 350 g/mol. The summed E-state index contributed by atoms with van der Waals surface area (Å²) in [6.07, 6.45) is 4.14. The summed E-state index contributed by atoms with van der Waals surface area (Å²) in [7, 11) is -4.68. The number of sulfonamides is 1. The van der Waals surface area contributed by atoms with E-state index in [4.69, 9.17) is 5.14 Å². The lowest BCUT2D eigenvalue weighted by molar-refractivity contribution is 0.598. The van der Waals surface area contributed by atoms with Crippen molar-refractivity contribution in [3.8, 4) is 16.9 Å². The van der Waals surface area contributed by atoms with Crippen LogP contribution >= 0.6 is 0 Å². The third-order valence-corrected chi connectivity index (χ3v) is 5.95. The van der Waals surface area contributed by atoms with Crippen LogP contribution in [0.15, 0.2) is 59.5 Å². The first-order valence-electron chi connectivity index (χ1n) is 7.72. The second-order valence-corrected chi connectivity index (χ2v) is 9.65. The fourth-order valence-corrected chi connectivity index (χ4v) is 3.66. The van der Waals surface area contributed by atoms with Gasteiger partial charge in [0.15, 0.2) is 0 Å². The first-order chi connectivity index (χ1) is 11.8. The van der Waals surface area contributed by atoms with Gasteiger partial charge in [0.05, 0.1) is 30.0 Å². The Kier molecular flexibility index (Phi) is 4.55. The summed E-state index contributed by atoms with van der Waals surface area (Å²) >= 11 is 0. The number of benzene rings is 2. The van der Waals surface area contributed by atoms with Gasteiger partial charge in [-0.25, -0.2) is 18.2 Å². The molecule has 7 heteroatoms. The smallest absolute Gasteiger partial charge is 0.233 e. The molecule has 2 aromatic carbocycles. The minimum absolute atomic E-state index is 0.0814. The second-order valence-electron chi connectivity index (χ2n) is 6.01. The summed E-state index contributed by atoms with van der Waals surface area (Å²) < 4.78 is 24.7. The zero-order valence-corrected chi connectivity index (χ0v) is 15.9. The predicted octanol–water partition coefficient (Wildman–Crippen LogP) is 1.84. The van der Waals surface area contributed by atoms with Gasteiger partial charge < -0.3 is 0 Å². The molecule has 25 heavy (non-hydrogen) atoms. The topological polar surface area (TPSA) is 78.0 Å². The number of rotatable bonds is 4. The first-order valence-corrected chi connectivity index (χ1v) is 11.5. The van der Waals surface area contributed by atoms with E-state index in [2.05, 4.69) is 48.2 Å². The Bertz CT molecular complexity index is 1040. The molecule has 0 spiro atoms. The normalized spacial score (nSPS) is 11.5. The summed E-state index contributed by atoms with van der Waals surface area (Å²) in [4.78, 5) is 0.0814. The quantitative estimate of drug-likeness (QED) is 0.713. The molecule has 0 unspecified atom stereocenters. The predicted molar refractivity (Wildman–Crippen MR) is 103 cm³/mol. The van der Waals surface area contributed by atoms with Crippen molar-refractivity contribution in [2.45, 2.75) is 18.4 Å². The Morgan fingerprint density at radius 1 is 1.08 bits per heavy atom. The van der Waals surface area contributed by atoms with Gasteiger partial charge >= 0.3 is 0 Å². The average Bonchev–Trinajstić information content (AvgIpc) is 3.00. The van der Waals surface area contributed by atoms with Crippen LogP contribution in [0, 0.1) is 6.92 Å².